The van der Waals surface area contributed by atoms with Gasteiger partial charge in [0.2, 0.25) is 0 Å². The van der Waals surface area contributed by atoms with E-state index in [4.69, 9.17) is 21.6 Å². The second kappa shape index (κ2) is 7.63. The van der Waals surface area contributed by atoms with Gasteiger partial charge in [0.25, 0.3) is 5.91 Å². The maximum atomic E-state index is 15.3. The van der Waals surface area contributed by atoms with Crippen molar-refractivity contribution in [3.63, 3.8) is 0 Å². The Balaban J connectivity index is 1.63. The van der Waals surface area contributed by atoms with Crippen molar-refractivity contribution in [2.24, 2.45) is 0 Å². The van der Waals surface area contributed by atoms with Crippen LogP contribution in [0.3, 0.4) is 0 Å². The van der Waals surface area contributed by atoms with Crippen molar-refractivity contribution in [2.45, 2.75) is 30.8 Å². The van der Waals surface area contributed by atoms with Crippen LogP contribution in [0.25, 0.3) is 0 Å². The second-order valence-corrected chi connectivity index (χ2v) is 8.16. The van der Waals surface area contributed by atoms with E-state index in [0.717, 1.165) is 12.0 Å². The quantitative estimate of drug-likeness (QED) is 0.715. The van der Waals surface area contributed by atoms with Gasteiger partial charge in [0, 0.05) is 29.6 Å². The minimum Gasteiger partial charge on any atom is -0.495 e. The largest absolute Gasteiger partial charge is 0.495 e. The molecule has 0 spiro atoms. The van der Waals surface area contributed by atoms with Crippen molar-refractivity contribution in [3.8, 4) is 17.9 Å². The predicted octanol–water partition coefficient (Wildman–Crippen LogP) is 4.68. The number of amides is 1. The molecular weight excluding hydrogens is 405 g/mol. The van der Waals surface area contributed by atoms with Gasteiger partial charge in [0.1, 0.15) is 17.5 Å². The highest BCUT2D eigenvalue weighted by Gasteiger charge is 2.44. The SMILES string of the molecule is COc1c(C#N)ccc(C2(F)CCC2)c1C(=O)N1CC(c2ccc(C#N)cc2Cl)C1. The first-order valence-corrected chi connectivity index (χ1v) is 10.1. The maximum Gasteiger partial charge on any atom is 0.258 e. The van der Waals surface area contributed by atoms with Gasteiger partial charge in [0.15, 0.2) is 0 Å². The Labute approximate surface area is 179 Å². The Morgan fingerprint density at radius 3 is 2.50 bits per heavy atom. The molecule has 0 N–H and O–H groups in total. The summed E-state index contributed by atoms with van der Waals surface area (Å²) in [6.45, 7) is 0.840. The minimum absolute atomic E-state index is 0.0332. The van der Waals surface area contributed by atoms with E-state index in [1.54, 1.807) is 29.2 Å². The number of likely N-dealkylation sites (tertiary alicyclic amines) is 1. The van der Waals surface area contributed by atoms with E-state index >= 15 is 4.39 Å². The molecule has 0 bridgehead atoms. The number of benzene rings is 2. The molecule has 1 amide bonds. The number of carbonyl (C=O) groups is 1. The molecule has 2 fully saturated rings. The van der Waals surface area contributed by atoms with Gasteiger partial charge in [-0.25, -0.2) is 4.39 Å². The fraction of sp³-hybridized carbons (Fsp3) is 0.348. The van der Waals surface area contributed by atoms with E-state index in [9.17, 15) is 10.1 Å². The van der Waals surface area contributed by atoms with E-state index in [-0.39, 0.29) is 28.7 Å². The molecule has 1 aliphatic carbocycles. The third-order valence-electron chi connectivity index (χ3n) is 6.06. The molecule has 0 unspecified atom stereocenters. The highest BCUT2D eigenvalue weighted by molar-refractivity contribution is 6.31. The molecule has 1 heterocycles. The summed E-state index contributed by atoms with van der Waals surface area (Å²) in [6, 6.07) is 12.2. The number of nitrogens with zero attached hydrogens (tertiary/aromatic N) is 3. The lowest BCUT2D eigenvalue weighted by Gasteiger charge is -2.42. The van der Waals surface area contributed by atoms with Crippen molar-refractivity contribution in [1.82, 2.24) is 4.90 Å². The number of ether oxygens (including phenoxy) is 1. The lowest BCUT2D eigenvalue weighted by Crippen LogP contribution is -2.49. The Morgan fingerprint density at radius 1 is 1.23 bits per heavy atom. The highest BCUT2D eigenvalue weighted by Crippen LogP contribution is 2.49. The standard InChI is InChI=1S/C23H19ClFN3O2/c1-30-21-15(11-27)4-6-18(23(25)7-2-8-23)20(21)22(29)28-12-16(13-28)17-5-3-14(10-26)9-19(17)24/h3-6,9,16H,2,7-8,12-13H2,1H3. The van der Waals surface area contributed by atoms with Gasteiger partial charge in [-0.2, -0.15) is 10.5 Å². The molecule has 1 saturated heterocycles. The average molecular weight is 424 g/mol. The number of halogens is 2. The third kappa shape index (κ3) is 3.18. The predicted molar refractivity (Wildman–Crippen MR) is 109 cm³/mol. The topological polar surface area (TPSA) is 77.1 Å². The molecule has 0 radical (unpaired) electrons. The molecule has 1 saturated carbocycles. The first-order valence-electron chi connectivity index (χ1n) is 9.71. The Bertz CT molecular complexity index is 1110. The zero-order valence-electron chi connectivity index (χ0n) is 16.4. The molecule has 5 nitrogen and oxygen atoms in total. The Morgan fingerprint density at radius 2 is 1.97 bits per heavy atom. The molecule has 4 rings (SSSR count). The summed E-state index contributed by atoms with van der Waals surface area (Å²) >= 11 is 6.30. The van der Waals surface area contributed by atoms with E-state index in [1.165, 1.54) is 13.2 Å². The minimum atomic E-state index is -1.56. The number of nitriles is 2. The molecule has 2 aromatic carbocycles. The van der Waals surface area contributed by atoms with Gasteiger partial charge < -0.3 is 9.64 Å². The average Bonchev–Trinajstić information content (AvgIpc) is 2.70. The molecular formula is C23H19ClFN3O2. The number of carbonyl (C=O) groups excluding carboxylic acids is 1. The summed E-state index contributed by atoms with van der Waals surface area (Å²) in [6.07, 6.45) is 1.47. The molecule has 152 valence electrons. The van der Waals surface area contributed by atoms with E-state index in [2.05, 4.69) is 0 Å². The van der Waals surface area contributed by atoms with Crippen LogP contribution in [0.5, 0.6) is 5.75 Å². The van der Waals surface area contributed by atoms with E-state index < -0.39 is 5.67 Å². The second-order valence-electron chi connectivity index (χ2n) is 7.75. The van der Waals surface area contributed by atoms with Crippen LogP contribution >= 0.6 is 11.6 Å². The first kappa shape index (κ1) is 20.2. The van der Waals surface area contributed by atoms with Gasteiger partial charge in [-0.1, -0.05) is 23.7 Å². The van der Waals surface area contributed by atoms with Gasteiger partial charge in [-0.05, 0) is 43.0 Å². The highest BCUT2D eigenvalue weighted by atomic mass is 35.5. The maximum absolute atomic E-state index is 15.3. The summed E-state index contributed by atoms with van der Waals surface area (Å²) in [5.41, 5.74) is 0.441. The fourth-order valence-electron chi connectivity index (χ4n) is 4.15. The lowest BCUT2D eigenvalue weighted by atomic mass is 9.74. The normalized spacial score (nSPS) is 17.3. The van der Waals surface area contributed by atoms with Crippen molar-refractivity contribution >= 4 is 17.5 Å². The summed E-state index contributed by atoms with van der Waals surface area (Å²) in [5.74, 6) is -0.182. The molecule has 0 aromatic heterocycles. The lowest BCUT2D eigenvalue weighted by molar-refractivity contribution is 0.0500. The van der Waals surface area contributed by atoms with Gasteiger partial charge >= 0.3 is 0 Å². The fourth-order valence-corrected chi connectivity index (χ4v) is 4.49. The van der Waals surface area contributed by atoms with Crippen LogP contribution in [-0.4, -0.2) is 31.0 Å². The summed E-state index contributed by atoms with van der Waals surface area (Å²) in [5, 5.41) is 18.9. The van der Waals surface area contributed by atoms with Crippen molar-refractivity contribution in [3.05, 3.63) is 63.2 Å². The van der Waals surface area contributed by atoms with Crippen LogP contribution in [0.1, 0.15) is 57.8 Å². The molecule has 7 heteroatoms. The van der Waals surface area contributed by atoms with Gasteiger partial charge in [-0.15, -0.1) is 0 Å². The van der Waals surface area contributed by atoms with Crippen LogP contribution < -0.4 is 4.74 Å². The summed E-state index contributed by atoms with van der Waals surface area (Å²) in [7, 11) is 1.39. The summed E-state index contributed by atoms with van der Waals surface area (Å²) in [4.78, 5) is 15.0. The molecule has 2 aliphatic rings. The molecule has 2 aromatic rings. The van der Waals surface area contributed by atoms with Crippen LogP contribution in [0.4, 0.5) is 4.39 Å². The molecule has 1 aliphatic heterocycles. The van der Waals surface area contributed by atoms with E-state index in [1.807, 2.05) is 12.1 Å². The van der Waals surface area contributed by atoms with Gasteiger partial charge in [0.05, 0.1) is 29.9 Å². The molecule has 0 atom stereocenters. The zero-order valence-corrected chi connectivity index (χ0v) is 17.2. The number of hydrogen-bond acceptors (Lipinski definition) is 4. The smallest absolute Gasteiger partial charge is 0.258 e. The van der Waals surface area contributed by atoms with Crippen molar-refractivity contribution in [1.29, 1.82) is 10.5 Å². The third-order valence-corrected chi connectivity index (χ3v) is 6.39. The Kier molecular flexibility index (Phi) is 5.13. The Hall–Kier alpha value is -3.09. The van der Waals surface area contributed by atoms with Gasteiger partial charge in [-0.3, -0.25) is 4.79 Å². The van der Waals surface area contributed by atoms with Crippen molar-refractivity contribution < 1.29 is 13.9 Å². The number of hydrogen-bond donors (Lipinski definition) is 0. The summed E-state index contributed by atoms with van der Waals surface area (Å²) < 4.78 is 20.7. The zero-order chi connectivity index (χ0) is 21.5. The number of rotatable bonds is 4. The number of methoxy groups -OCH3 is 1. The van der Waals surface area contributed by atoms with Crippen LogP contribution in [0.15, 0.2) is 30.3 Å². The monoisotopic (exact) mass is 423 g/mol. The van der Waals surface area contributed by atoms with Crippen LogP contribution in [0, 0.1) is 22.7 Å². The van der Waals surface area contributed by atoms with Crippen LogP contribution in [0.2, 0.25) is 5.02 Å². The van der Waals surface area contributed by atoms with Crippen molar-refractivity contribution in [2.75, 3.05) is 20.2 Å². The number of alkyl halides is 1. The first-order chi connectivity index (χ1) is 14.4. The van der Waals surface area contributed by atoms with E-state index in [0.29, 0.717) is 42.1 Å². The molecule has 30 heavy (non-hydrogen) atoms. The van der Waals surface area contributed by atoms with Crippen LogP contribution in [-0.2, 0) is 5.67 Å².